The minimum atomic E-state index is 0.175. The molecule has 0 unspecified atom stereocenters. The lowest BCUT2D eigenvalue weighted by molar-refractivity contribution is -0.121. The number of hydrogen-bond donors (Lipinski definition) is 1. The lowest BCUT2D eigenvalue weighted by Gasteiger charge is -2.08. The molecule has 1 aromatic carbocycles. The summed E-state index contributed by atoms with van der Waals surface area (Å²) < 4.78 is 6.56. The lowest BCUT2D eigenvalue weighted by Crippen LogP contribution is -2.25. The third-order valence-electron chi connectivity index (χ3n) is 3.56. The van der Waals surface area contributed by atoms with Crippen LogP contribution in [0.25, 0.3) is 0 Å². The predicted molar refractivity (Wildman–Crippen MR) is 84.5 cm³/mol. The maximum atomic E-state index is 11.5. The largest absolute Gasteiger partial charge is 0.497 e. The van der Waals surface area contributed by atoms with Crippen LogP contribution in [0.15, 0.2) is 18.2 Å². The second kappa shape index (κ2) is 6.59. The molecule has 0 bridgehead atoms. The molecular formula is C15H20INO2. The summed E-state index contributed by atoms with van der Waals surface area (Å²) in [4.78, 5) is 11.5. The molecule has 104 valence electrons. The molecule has 1 aliphatic carbocycles. The van der Waals surface area contributed by atoms with Crippen LogP contribution < -0.4 is 10.1 Å². The zero-order valence-corrected chi connectivity index (χ0v) is 13.6. The van der Waals surface area contributed by atoms with Gasteiger partial charge in [0.05, 0.1) is 7.11 Å². The van der Waals surface area contributed by atoms with Crippen LogP contribution in [0.3, 0.4) is 0 Å². The number of hydrogen-bond acceptors (Lipinski definition) is 2. The number of amides is 1. The average Bonchev–Trinajstić information content (AvgIpc) is 3.17. The molecule has 1 fully saturated rings. The van der Waals surface area contributed by atoms with Crippen molar-refractivity contribution < 1.29 is 9.53 Å². The number of halogens is 1. The normalized spacial score (nSPS) is 21.0. The summed E-state index contributed by atoms with van der Waals surface area (Å²) in [5.74, 6) is 2.25. The minimum Gasteiger partial charge on any atom is -0.497 e. The molecule has 1 amide bonds. The van der Waals surface area contributed by atoms with Crippen molar-refractivity contribution >= 4 is 28.5 Å². The summed E-state index contributed by atoms with van der Waals surface area (Å²) in [7, 11) is 1.70. The molecule has 1 N–H and O–H groups in total. The van der Waals surface area contributed by atoms with Crippen LogP contribution in [-0.2, 0) is 4.79 Å². The SMILES string of the molecule is CCCC(=O)NC[C@@H]1C[C@H]1c1cc(OC)ccc1I. The van der Waals surface area contributed by atoms with Crippen molar-refractivity contribution in [2.75, 3.05) is 13.7 Å². The summed E-state index contributed by atoms with van der Waals surface area (Å²) >= 11 is 2.37. The first-order chi connectivity index (χ1) is 9.15. The van der Waals surface area contributed by atoms with Crippen molar-refractivity contribution in [1.82, 2.24) is 5.32 Å². The van der Waals surface area contributed by atoms with Crippen molar-refractivity contribution in [3.8, 4) is 5.75 Å². The van der Waals surface area contributed by atoms with E-state index in [2.05, 4.69) is 40.0 Å². The smallest absolute Gasteiger partial charge is 0.219 e. The highest BCUT2D eigenvalue weighted by Crippen LogP contribution is 2.49. The van der Waals surface area contributed by atoms with E-state index in [0.717, 1.165) is 25.1 Å². The number of carbonyl (C=O) groups is 1. The summed E-state index contributed by atoms with van der Waals surface area (Å²) in [6.07, 6.45) is 2.71. The first-order valence-corrected chi connectivity index (χ1v) is 7.83. The first kappa shape index (κ1) is 14.6. The zero-order chi connectivity index (χ0) is 13.8. The Balaban J connectivity index is 1.90. The molecule has 3 nitrogen and oxygen atoms in total. The van der Waals surface area contributed by atoms with Gasteiger partial charge in [0.1, 0.15) is 5.75 Å². The molecule has 1 aliphatic rings. The fourth-order valence-electron chi connectivity index (χ4n) is 2.35. The van der Waals surface area contributed by atoms with E-state index in [1.54, 1.807) is 7.11 Å². The number of methoxy groups -OCH3 is 1. The monoisotopic (exact) mass is 373 g/mol. The van der Waals surface area contributed by atoms with E-state index in [1.807, 2.05) is 13.0 Å². The van der Waals surface area contributed by atoms with Gasteiger partial charge in [-0.1, -0.05) is 6.92 Å². The molecule has 0 radical (unpaired) electrons. The quantitative estimate of drug-likeness (QED) is 0.777. The summed E-state index contributed by atoms with van der Waals surface area (Å²) in [6, 6.07) is 6.21. The Bertz CT molecular complexity index is 461. The van der Waals surface area contributed by atoms with Crippen LogP contribution >= 0.6 is 22.6 Å². The molecule has 0 aromatic heterocycles. The van der Waals surface area contributed by atoms with Crippen LogP contribution in [-0.4, -0.2) is 19.6 Å². The Morgan fingerprint density at radius 3 is 3.00 bits per heavy atom. The van der Waals surface area contributed by atoms with Gasteiger partial charge in [0.2, 0.25) is 5.91 Å². The van der Waals surface area contributed by atoms with E-state index in [0.29, 0.717) is 18.3 Å². The van der Waals surface area contributed by atoms with Gasteiger partial charge in [-0.2, -0.15) is 0 Å². The van der Waals surface area contributed by atoms with E-state index in [4.69, 9.17) is 4.74 Å². The topological polar surface area (TPSA) is 38.3 Å². The fourth-order valence-corrected chi connectivity index (χ4v) is 3.08. The lowest BCUT2D eigenvalue weighted by atomic mass is 10.1. The third kappa shape index (κ3) is 3.84. The van der Waals surface area contributed by atoms with Gasteiger partial charge in [-0.25, -0.2) is 0 Å². The van der Waals surface area contributed by atoms with Gasteiger partial charge in [-0.05, 0) is 71.0 Å². The number of benzene rings is 1. The second-order valence-corrected chi connectivity index (χ2v) is 6.21. The molecule has 1 aromatic rings. The molecule has 1 saturated carbocycles. The molecule has 0 aliphatic heterocycles. The van der Waals surface area contributed by atoms with Crippen molar-refractivity contribution in [3.05, 3.63) is 27.3 Å². The van der Waals surface area contributed by atoms with Crippen LogP contribution in [0.4, 0.5) is 0 Å². The summed E-state index contributed by atoms with van der Waals surface area (Å²) in [5.41, 5.74) is 1.36. The highest BCUT2D eigenvalue weighted by atomic mass is 127. The Kier molecular flexibility index (Phi) is 5.07. The van der Waals surface area contributed by atoms with Crippen LogP contribution in [0.5, 0.6) is 5.75 Å². The summed E-state index contributed by atoms with van der Waals surface area (Å²) in [6.45, 7) is 2.83. The van der Waals surface area contributed by atoms with Crippen molar-refractivity contribution in [3.63, 3.8) is 0 Å². The van der Waals surface area contributed by atoms with Gasteiger partial charge >= 0.3 is 0 Å². The summed E-state index contributed by atoms with van der Waals surface area (Å²) in [5, 5.41) is 3.02. The van der Waals surface area contributed by atoms with Gasteiger partial charge in [0.25, 0.3) is 0 Å². The molecule has 0 spiro atoms. The van der Waals surface area contributed by atoms with Crippen molar-refractivity contribution in [1.29, 1.82) is 0 Å². The van der Waals surface area contributed by atoms with E-state index in [-0.39, 0.29) is 5.91 Å². The Labute approximate surface area is 128 Å². The Hall–Kier alpha value is -0.780. The van der Waals surface area contributed by atoms with Gasteiger partial charge in [0.15, 0.2) is 0 Å². The standard InChI is InChI=1S/C15H20INO2/c1-3-4-15(18)17-9-10-7-12(10)13-8-11(19-2)5-6-14(13)16/h5-6,8,10,12H,3-4,7,9H2,1-2H3,(H,17,18)/t10-,12+/m0/s1. The van der Waals surface area contributed by atoms with Gasteiger partial charge in [-0.3, -0.25) is 4.79 Å². The molecule has 4 heteroatoms. The molecular weight excluding hydrogens is 353 g/mol. The van der Waals surface area contributed by atoms with E-state index >= 15 is 0 Å². The molecule has 19 heavy (non-hydrogen) atoms. The predicted octanol–water partition coefficient (Wildman–Crippen LogP) is 3.32. The maximum Gasteiger partial charge on any atom is 0.219 e. The maximum absolute atomic E-state index is 11.5. The number of ether oxygens (including phenoxy) is 1. The van der Waals surface area contributed by atoms with Crippen molar-refractivity contribution in [2.24, 2.45) is 5.92 Å². The van der Waals surface area contributed by atoms with Crippen LogP contribution in [0, 0.1) is 9.49 Å². The fraction of sp³-hybridized carbons (Fsp3) is 0.533. The second-order valence-electron chi connectivity index (χ2n) is 5.04. The molecule has 0 saturated heterocycles. The first-order valence-electron chi connectivity index (χ1n) is 6.75. The number of carbonyl (C=O) groups excluding carboxylic acids is 1. The Morgan fingerprint density at radius 1 is 1.53 bits per heavy atom. The van der Waals surface area contributed by atoms with E-state index in [9.17, 15) is 4.79 Å². The van der Waals surface area contributed by atoms with Crippen molar-refractivity contribution in [2.45, 2.75) is 32.1 Å². The molecule has 2 atom stereocenters. The molecule has 2 rings (SSSR count). The highest BCUT2D eigenvalue weighted by molar-refractivity contribution is 14.1. The average molecular weight is 373 g/mol. The Morgan fingerprint density at radius 2 is 2.32 bits per heavy atom. The van der Waals surface area contributed by atoms with E-state index < -0.39 is 0 Å². The minimum absolute atomic E-state index is 0.175. The van der Waals surface area contributed by atoms with Gasteiger partial charge in [-0.15, -0.1) is 0 Å². The molecule has 0 heterocycles. The van der Waals surface area contributed by atoms with Gasteiger partial charge in [0, 0.05) is 16.5 Å². The number of rotatable bonds is 6. The zero-order valence-electron chi connectivity index (χ0n) is 11.4. The third-order valence-corrected chi connectivity index (χ3v) is 4.55. The highest BCUT2D eigenvalue weighted by Gasteiger charge is 2.39. The van der Waals surface area contributed by atoms with E-state index in [1.165, 1.54) is 9.13 Å². The van der Waals surface area contributed by atoms with Crippen LogP contribution in [0.1, 0.15) is 37.7 Å². The van der Waals surface area contributed by atoms with Crippen LogP contribution in [0.2, 0.25) is 0 Å². The van der Waals surface area contributed by atoms with Gasteiger partial charge < -0.3 is 10.1 Å². The number of nitrogens with one attached hydrogen (secondary N) is 1.